The minimum absolute atomic E-state index is 0. The molecule has 0 saturated carbocycles. The molecule has 6 heteroatoms. The van der Waals surface area contributed by atoms with Crippen LogP contribution < -0.4 is 0 Å². The van der Waals surface area contributed by atoms with Gasteiger partial charge in [-0.1, -0.05) is 0 Å². The fraction of sp³-hybridized carbons (Fsp3) is 1.00. The van der Waals surface area contributed by atoms with E-state index in [9.17, 15) is 0 Å². The molecule has 0 fully saturated rings. The molecule has 0 spiro atoms. The van der Waals surface area contributed by atoms with Crippen LogP contribution in [0.25, 0.3) is 0 Å². The Hall–Kier alpha value is 1.61. The summed E-state index contributed by atoms with van der Waals surface area (Å²) in [5, 5.41) is 32.2. The summed E-state index contributed by atoms with van der Waals surface area (Å²) in [6, 6.07) is 0. The number of aliphatic hydroxyl groups is 4. The molecule has 0 bridgehead atoms. The molecule has 4 nitrogen and oxygen atoms in total. The van der Waals surface area contributed by atoms with Crippen molar-refractivity contribution in [3.63, 3.8) is 0 Å². The van der Waals surface area contributed by atoms with E-state index in [2.05, 4.69) is 55.4 Å². The number of aliphatic hydroxyl groups excluding tert-OH is 4. The molecule has 0 aliphatic heterocycles. The summed E-state index contributed by atoms with van der Waals surface area (Å²) in [6.45, 7) is 33.5. The number of hydrogen-bond acceptors (Lipinski definition) is 4. The summed E-state index contributed by atoms with van der Waals surface area (Å²) in [7, 11) is 0. The predicted molar refractivity (Wildman–Crippen MR) is 130 cm³/mol. The molecule has 0 unspecified atom stereocenters. The second-order valence-electron chi connectivity index (χ2n) is 9.99. The van der Waals surface area contributed by atoms with Gasteiger partial charge in [-0.05, 0) is 55.4 Å². The predicted octanol–water partition coefficient (Wildman–Crippen LogP) is 7.00. The Kier molecular flexibility index (Phi) is 40.4. The standard InChI is InChI=1S/4C3H8O.4C3H7.2Zr/c4*1-3(2)4;4*1-3-2;;/h4*3-4H,1-2H3;4*3H,1-2H3;;. The third-order valence-electron chi connectivity index (χ3n) is 4.00. The minimum atomic E-state index is -1.93. The molecule has 0 aliphatic carbocycles. The number of rotatable bonds is 4. The Morgan fingerprint density at radius 3 is 0.400 bits per heavy atom. The number of hydrogen-bond donors (Lipinski definition) is 4. The second kappa shape index (κ2) is 26.9. The molecular weight excluding hydrogens is 535 g/mol. The molecule has 0 atom stereocenters. The van der Waals surface area contributed by atoms with Gasteiger partial charge < -0.3 is 20.4 Å². The Morgan fingerprint density at radius 2 is 0.400 bits per heavy atom. The van der Waals surface area contributed by atoms with E-state index in [4.69, 9.17) is 20.4 Å². The van der Waals surface area contributed by atoms with Crippen LogP contribution in [-0.2, 0) is 46.5 Å². The molecule has 4 N–H and O–H groups in total. The fourth-order valence-electron chi connectivity index (χ4n) is 4.00. The maximum Gasteiger partial charge on any atom is 0 e. The summed E-state index contributed by atoms with van der Waals surface area (Å²) in [5.74, 6) is 0. The van der Waals surface area contributed by atoms with Gasteiger partial charge in [-0.2, -0.15) is 0 Å². The maximum atomic E-state index is 8.06. The summed E-state index contributed by atoms with van der Waals surface area (Å²) in [6.07, 6.45) is -0.667. The molecular formula is C24H60O4Zr2. The molecule has 0 aromatic heterocycles. The van der Waals surface area contributed by atoms with Crippen LogP contribution in [0.5, 0.6) is 0 Å². The van der Waals surface area contributed by atoms with Crippen LogP contribution in [0.2, 0.25) is 14.5 Å². The van der Waals surface area contributed by atoms with Crippen LogP contribution in [0.1, 0.15) is 111 Å². The van der Waals surface area contributed by atoms with Gasteiger partial charge in [0.1, 0.15) is 0 Å². The van der Waals surface area contributed by atoms with Gasteiger partial charge in [0.05, 0.1) is 0 Å². The minimum Gasteiger partial charge on any atom is 0 e. The first-order valence-electron chi connectivity index (χ1n) is 11.4. The normalized spacial score (nSPS) is 10.8. The second-order valence-corrected chi connectivity index (χ2v) is 26.3. The van der Waals surface area contributed by atoms with Crippen molar-refractivity contribution < 1.29 is 66.9 Å². The van der Waals surface area contributed by atoms with Gasteiger partial charge in [-0.3, -0.25) is 0 Å². The van der Waals surface area contributed by atoms with Crippen molar-refractivity contribution in [1.29, 1.82) is 0 Å². The van der Waals surface area contributed by atoms with E-state index in [1.54, 1.807) is 55.4 Å². The Labute approximate surface area is 215 Å². The van der Waals surface area contributed by atoms with Crippen LogP contribution in [0.15, 0.2) is 0 Å². The summed E-state index contributed by atoms with van der Waals surface area (Å²) in [4.78, 5) is 0. The average molecular weight is 595 g/mol. The van der Waals surface area contributed by atoms with Crippen molar-refractivity contribution in [2.75, 3.05) is 0 Å². The summed E-state index contributed by atoms with van der Waals surface area (Å²) >= 11 is -1.93. The van der Waals surface area contributed by atoms with Crippen LogP contribution >= 0.6 is 0 Å². The average Bonchev–Trinajstić information content (AvgIpc) is 2.33. The topological polar surface area (TPSA) is 80.9 Å². The van der Waals surface area contributed by atoms with Gasteiger partial charge in [0.15, 0.2) is 0 Å². The van der Waals surface area contributed by atoms with Crippen molar-refractivity contribution in [3.05, 3.63) is 0 Å². The van der Waals surface area contributed by atoms with Gasteiger partial charge in [0.25, 0.3) is 0 Å². The summed E-state index contributed by atoms with van der Waals surface area (Å²) < 4.78 is 3.92. The Morgan fingerprint density at radius 1 is 0.333 bits per heavy atom. The van der Waals surface area contributed by atoms with Crippen LogP contribution in [0.3, 0.4) is 0 Å². The molecule has 0 amide bonds. The molecule has 0 rings (SSSR count). The van der Waals surface area contributed by atoms with E-state index < -0.39 is 20.3 Å². The van der Waals surface area contributed by atoms with E-state index in [1.165, 1.54) is 0 Å². The van der Waals surface area contributed by atoms with Crippen molar-refractivity contribution in [2.24, 2.45) is 0 Å². The van der Waals surface area contributed by atoms with E-state index in [1.807, 2.05) is 0 Å². The monoisotopic (exact) mass is 592 g/mol. The fourth-order valence-corrected chi connectivity index (χ4v) is 23.7. The quantitative estimate of drug-likeness (QED) is 0.282. The van der Waals surface area contributed by atoms with E-state index >= 15 is 0 Å². The zero-order valence-corrected chi connectivity index (χ0v) is 28.3. The molecule has 0 heterocycles. The van der Waals surface area contributed by atoms with Crippen LogP contribution in [0.4, 0.5) is 0 Å². The zero-order chi connectivity index (χ0) is 25.1. The maximum absolute atomic E-state index is 8.06. The van der Waals surface area contributed by atoms with Crippen molar-refractivity contribution >= 4 is 0 Å². The van der Waals surface area contributed by atoms with Gasteiger partial charge >= 0.3 is 90.2 Å². The largest absolute Gasteiger partial charge is 0 e. The third kappa shape index (κ3) is 36.9. The van der Waals surface area contributed by atoms with Crippen molar-refractivity contribution in [3.8, 4) is 0 Å². The smallest absolute Gasteiger partial charge is 0 e. The van der Waals surface area contributed by atoms with Crippen molar-refractivity contribution in [1.82, 2.24) is 0 Å². The first kappa shape index (κ1) is 45.2. The molecule has 0 radical (unpaired) electrons. The van der Waals surface area contributed by atoms with E-state index in [-0.39, 0.29) is 50.6 Å². The molecule has 188 valence electrons. The summed E-state index contributed by atoms with van der Waals surface area (Å²) in [5.41, 5.74) is 0. The molecule has 0 aliphatic rings. The first-order valence-corrected chi connectivity index (χ1v) is 17.1. The third-order valence-corrected chi connectivity index (χ3v) is 23.7. The first-order chi connectivity index (χ1) is 12.7. The van der Waals surface area contributed by atoms with Crippen molar-refractivity contribution in [2.45, 2.75) is 150 Å². The van der Waals surface area contributed by atoms with Gasteiger partial charge in [-0.25, -0.2) is 0 Å². The van der Waals surface area contributed by atoms with Gasteiger partial charge in [-0.15, -0.1) is 0 Å². The molecule has 30 heavy (non-hydrogen) atoms. The van der Waals surface area contributed by atoms with Crippen LogP contribution in [0, 0.1) is 0 Å². The van der Waals surface area contributed by atoms with E-state index in [0.717, 1.165) is 14.5 Å². The van der Waals surface area contributed by atoms with Crippen LogP contribution in [-0.4, -0.2) is 44.8 Å². The van der Waals surface area contributed by atoms with E-state index in [0.29, 0.717) is 0 Å². The Balaban J connectivity index is -0.0000000700. The molecule has 0 saturated heterocycles. The molecule has 0 aromatic rings. The SMILES string of the molecule is CC(C)O.CC(C)O.CC(C)O.CC(C)O.C[CH](C)[Zr]([CH](C)C)([CH](C)C)[CH](C)C.[Zr]. The molecule has 0 aromatic carbocycles. The van der Waals surface area contributed by atoms with Gasteiger partial charge in [0.2, 0.25) is 0 Å². The Bertz CT molecular complexity index is 231. The zero-order valence-electron chi connectivity index (χ0n) is 23.4. The van der Waals surface area contributed by atoms with Gasteiger partial charge in [0, 0.05) is 50.6 Å².